The summed E-state index contributed by atoms with van der Waals surface area (Å²) < 4.78 is 1.92. The van der Waals surface area contributed by atoms with Gasteiger partial charge in [0, 0.05) is 18.0 Å². The van der Waals surface area contributed by atoms with Crippen LogP contribution in [-0.4, -0.2) is 15.5 Å². The predicted octanol–water partition coefficient (Wildman–Crippen LogP) is 1.93. The van der Waals surface area contributed by atoms with Crippen LogP contribution >= 0.6 is 11.6 Å². The van der Waals surface area contributed by atoms with Crippen LogP contribution in [0.2, 0.25) is 5.02 Å². The number of unbranched alkanes of at least 4 members (excludes halogenated alkanes) is 1. The zero-order chi connectivity index (χ0) is 13.1. The van der Waals surface area contributed by atoms with E-state index >= 15 is 0 Å². The molecule has 0 bridgehead atoms. The summed E-state index contributed by atoms with van der Waals surface area (Å²) in [7, 11) is 0. The minimum Gasteiger partial charge on any atom is -0.370 e. The van der Waals surface area contributed by atoms with E-state index in [2.05, 4.69) is 4.98 Å². The van der Waals surface area contributed by atoms with Gasteiger partial charge < -0.3 is 16.0 Å². The Labute approximate surface area is 110 Å². The lowest BCUT2D eigenvalue weighted by atomic mass is 10.2. The number of amides is 1. The van der Waals surface area contributed by atoms with Crippen molar-refractivity contribution in [2.45, 2.75) is 25.8 Å². The van der Waals surface area contributed by atoms with E-state index < -0.39 is 0 Å². The molecule has 0 saturated carbocycles. The summed E-state index contributed by atoms with van der Waals surface area (Å²) in [4.78, 5) is 14.9. The Morgan fingerprint density at radius 1 is 1.39 bits per heavy atom. The highest BCUT2D eigenvalue weighted by atomic mass is 35.5. The van der Waals surface area contributed by atoms with Gasteiger partial charge >= 0.3 is 0 Å². The summed E-state index contributed by atoms with van der Waals surface area (Å²) in [5, 5.41) is 0.640. The van der Waals surface area contributed by atoms with Crippen LogP contribution in [0.4, 0.5) is 5.95 Å². The zero-order valence-electron chi connectivity index (χ0n) is 9.90. The molecule has 1 amide bonds. The average Bonchev–Trinajstić information content (AvgIpc) is 2.59. The Morgan fingerprint density at radius 3 is 2.89 bits per heavy atom. The summed E-state index contributed by atoms with van der Waals surface area (Å²) in [5.41, 5.74) is 12.7. The standard InChI is InChI=1S/C12H15ClN4O/c13-8-4-5-10-9(7-8)16-12(15)17(10)6-2-1-3-11(14)18/h4-5,7H,1-3,6H2,(H2,14,18)(H2,15,16). The minimum absolute atomic E-state index is 0.273. The van der Waals surface area contributed by atoms with Gasteiger partial charge in [-0.2, -0.15) is 0 Å². The van der Waals surface area contributed by atoms with Crippen molar-refractivity contribution in [2.24, 2.45) is 5.73 Å². The van der Waals surface area contributed by atoms with Gasteiger partial charge in [-0.1, -0.05) is 11.6 Å². The number of rotatable bonds is 5. The summed E-state index contributed by atoms with van der Waals surface area (Å²) in [5.74, 6) is 0.191. The third-order valence-electron chi connectivity index (χ3n) is 2.79. The number of carbonyl (C=O) groups excluding carboxylic acids is 1. The molecule has 0 aliphatic rings. The Balaban J connectivity index is 2.12. The first-order chi connectivity index (χ1) is 8.58. The first-order valence-electron chi connectivity index (χ1n) is 5.77. The van der Waals surface area contributed by atoms with Gasteiger partial charge in [-0.3, -0.25) is 4.79 Å². The Hall–Kier alpha value is -1.75. The molecule has 6 heteroatoms. The molecule has 0 fully saturated rings. The molecule has 2 rings (SSSR count). The maximum atomic E-state index is 10.6. The lowest BCUT2D eigenvalue weighted by molar-refractivity contribution is -0.118. The van der Waals surface area contributed by atoms with E-state index in [4.69, 9.17) is 23.1 Å². The molecule has 4 N–H and O–H groups in total. The lowest BCUT2D eigenvalue weighted by Gasteiger charge is -2.05. The van der Waals surface area contributed by atoms with E-state index in [1.54, 1.807) is 6.07 Å². The third-order valence-corrected chi connectivity index (χ3v) is 3.03. The van der Waals surface area contributed by atoms with Crippen molar-refractivity contribution < 1.29 is 4.79 Å². The Morgan fingerprint density at radius 2 is 2.17 bits per heavy atom. The second-order valence-corrected chi connectivity index (χ2v) is 4.61. The highest BCUT2D eigenvalue weighted by Gasteiger charge is 2.08. The van der Waals surface area contributed by atoms with Crippen LogP contribution in [-0.2, 0) is 11.3 Å². The fourth-order valence-electron chi connectivity index (χ4n) is 1.93. The van der Waals surface area contributed by atoms with Crippen LogP contribution in [0.3, 0.4) is 0 Å². The summed E-state index contributed by atoms with van der Waals surface area (Å²) >= 11 is 5.90. The molecule has 0 unspecified atom stereocenters. The number of aromatic nitrogens is 2. The Bertz CT molecular complexity index is 579. The van der Waals surface area contributed by atoms with Crippen molar-refractivity contribution in [3.63, 3.8) is 0 Å². The number of nitrogen functional groups attached to an aromatic ring is 1. The maximum absolute atomic E-state index is 10.6. The van der Waals surface area contributed by atoms with Gasteiger partial charge in [0.05, 0.1) is 11.0 Å². The lowest BCUT2D eigenvalue weighted by Crippen LogP contribution is -2.10. The summed E-state index contributed by atoms with van der Waals surface area (Å²) in [6.07, 6.45) is 1.99. The molecule has 18 heavy (non-hydrogen) atoms. The van der Waals surface area contributed by atoms with Crippen LogP contribution in [0.25, 0.3) is 11.0 Å². The van der Waals surface area contributed by atoms with Crippen molar-refractivity contribution >= 4 is 34.5 Å². The second-order valence-electron chi connectivity index (χ2n) is 4.18. The second kappa shape index (κ2) is 5.27. The number of nitrogens with two attached hydrogens (primary N) is 2. The van der Waals surface area contributed by atoms with Crippen molar-refractivity contribution in [2.75, 3.05) is 5.73 Å². The molecule has 1 aromatic carbocycles. The fraction of sp³-hybridized carbons (Fsp3) is 0.333. The van der Waals surface area contributed by atoms with E-state index in [9.17, 15) is 4.79 Å². The molecule has 0 aliphatic carbocycles. The Kier molecular flexibility index (Phi) is 3.72. The molecule has 1 aromatic heterocycles. The highest BCUT2D eigenvalue weighted by Crippen LogP contribution is 2.22. The van der Waals surface area contributed by atoms with E-state index in [0.717, 1.165) is 30.4 Å². The number of fused-ring (bicyclic) bond motifs is 1. The number of aryl methyl sites for hydroxylation is 1. The van der Waals surface area contributed by atoms with Crippen LogP contribution in [0.5, 0.6) is 0 Å². The number of anilines is 1. The molecular formula is C12H15ClN4O. The highest BCUT2D eigenvalue weighted by molar-refractivity contribution is 6.31. The van der Waals surface area contributed by atoms with Gasteiger partial charge in [0.15, 0.2) is 0 Å². The molecule has 96 valence electrons. The fourth-order valence-corrected chi connectivity index (χ4v) is 2.09. The van der Waals surface area contributed by atoms with Crippen molar-refractivity contribution in [1.29, 1.82) is 0 Å². The van der Waals surface area contributed by atoms with Crippen molar-refractivity contribution in [1.82, 2.24) is 9.55 Å². The number of nitrogens with zero attached hydrogens (tertiary/aromatic N) is 2. The number of hydrogen-bond donors (Lipinski definition) is 2. The predicted molar refractivity (Wildman–Crippen MR) is 72.2 cm³/mol. The minimum atomic E-state index is -0.273. The van der Waals surface area contributed by atoms with E-state index in [1.165, 1.54) is 0 Å². The van der Waals surface area contributed by atoms with Gasteiger partial charge in [0.25, 0.3) is 0 Å². The molecule has 2 aromatic rings. The molecule has 0 aliphatic heterocycles. The van der Waals surface area contributed by atoms with Crippen molar-refractivity contribution in [3.8, 4) is 0 Å². The molecule has 0 radical (unpaired) electrons. The van der Waals surface area contributed by atoms with Gasteiger partial charge in [0.2, 0.25) is 11.9 Å². The topological polar surface area (TPSA) is 86.9 Å². The smallest absolute Gasteiger partial charge is 0.217 e. The summed E-state index contributed by atoms with van der Waals surface area (Å²) in [6.45, 7) is 0.719. The van der Waals surface area contributed by atoms with E-state index in [0.29, 0.717) is 17.4 Å². The molecule has 0 spiro atoms. The quantitative estimate of drug-likeness (QED) is 0.811. The number of carbonyl (C=O) groups is 1. The molecule has 5 nitrogen and oxygen atoms in total. The van der Waals surface area contributed by atoms with Gasteiger partial charge in [0.1, 0.15) is 0 Å². The van der Waals surface area contributed by atoms with Crippen LogP contribution in [0.15, 0.2) is 18.2 Å². The van der Waals surface area contributed by atoms with E-state index in [1.807, 2.05) is 16.7 Å². The number of imidazole rings is 1. The number of benzene rings is 1. The van der Waals surface area contributed by atoms with Gasteiger partial charge in [-0.25, -0.2) is 4.98 Å². The van der Waals surface area contributed by atoms with Crippen molar-refractivity contribution in [3.05, 3.63) is 23.2 Å². The molecule has 1 heterocycles. The van der Waals surface area contributed by atoms with Crippen LogP contribution in [0, 0.1) is 0 Å². The number of hydrogen-bond acceptors (Lipinski definition) is 3. The molecular weight excluding hydrogens is 252 g/mol. The molecule has 0 atom stereocenters. The van der Waals surface area contributed by atoms with E-state index in [-0.39, 0.29) is 5.91 Å². The van der Waals surface area contributed by atoms with Gasteiger partial charge in [-0.15, -0.1) is 0 Å². The maximum Gasteiger partial charge on any atom is 0.217 e. The SMILES string of the molecule is NC(=O)CCCCn1c(N)nc2cc(Cl)ccc21. The van der Waals surface area contributed by atoms with Crippen LogP contribution < -0.4 is 11.5 Å². The zero-order valence-corrected chi connectivity index (χ0v) is 10.7. The normalized spacial score (nSPS) is 10.9. The first kappa shape index (κ1) is 12.7. The molecule has 0 saturated heterocycles. The van der Waals surface area contributed by atoms with Gasteiger partial charge in [-0.05, 0) is 31.0 Å². The number of halogens is 1. The average molecular weight is 267 g/mol. The largest absolute Gasteiger partial charge is 0.370 e. The first-order valence-corrected chi connectivity index (χ1v) is 6.15. The monoisotopic (exact) mass is 266 g/mol. The summed E-state index contributed by atoms with van der Waals surface area (Å²) in [6, 6.07) is 5.49. The number of primary amides is 1. The van der Waals surface area contributed by atoms with Crippen LogP contribution in [0.1, 0.15) is 19.3 Å². The third kappa shape index (κ3) is 2.73.